The Morgan fingerprint density at radius 1 is 1.03 bits per heavy atom. The van der Waals surface area contributed by atoms with Crippen molar-refractivity contribution in [3.05, 3.63) is 11.6 Å². The lowest BCUT2D eigenvalue weighted by Gasteiger charge is -2.57. The van der Waals surface area contributed by atoms with Crippen LogP contribution < -0.4 is 0 Å². The molecule has 0 spiro atoms. The molecule has 4 bridgehead atoms. The Morgan fingerprint density at radius 2 is 1.74 bits per heavy atom. The number of oxime groups is 1. The minimum Gasteiger partial charge on any atom is -0.445 e. The Labute approximate surface area is 210 Å². The van der Waals surface area contributed by atoms with E-state index in [1.165, 1.54) is 37.7 Å². The number of terminal acetylenes is 1. The van der Waals surface area contributed by atoms with Crippen molar-refractivity contribution in [3.8, 4) is 12.3 Å². The van der Waals surface area contributed by atoms with Gasteiger partial charge in [-0.2, -0.15) is 0 Å². The van der Waals surface area contributed by atoms with Gasteiger partial charge >= 0.3 is 5.97 Å². The molecule has 0 amide bonds. The summed E-state index contributed by atoms with van der Waals surface area (Å²) in [7, 11) is 0. The summed E-state index contributed by atoms with van der Waals surface area (Å²) in [6, 6.07) is 0. The normalized spacial score (nSPS) is 52.7. The molecule has 0 aliphatic heterocycles. The van der Waals surface area contributed by atoms with Crippen LogP contribution in [-0.4, -0.2) is 22.5 Å². The monoisotopic (exact) mass is 475 g/mol. The van der Waals surface area contributed by atoms with Gasteiger partial charge < -0.3 is 9.94 Å². The molecule has 8 aliphatic rings. The second-order valence-electron chi connectivity index (χ2n) is 14.0. The number of carbonyl (C=O) groups is 1. The van der Waals surface area contributed by atoms with Gasteiger partial charge in [0.25, 0.3) is 0 Å². The van der Waals surface area contributed by atoms with Gasteiger partial charge in [-0.15, -0.1) is 6.42 Å². The highest BCUT2D eigenvalue weighted by Gasteiger charge is 2.66. The lowest BCUT2D eigenvalue weighted by Crippen LogP contribution is -2.57. The van der Waals surface area contributed by atoms with Crippen LogP contribution in [-0.2, 0) is 9.53 Å². The second-order valence-corrected chi connectivity index (χ2v) is 14.0. The standard InChI is InChI=1S/C31H41NO3/c1-3-31(35-28(33)30-16-19-12-20(17-30)14-21(13-19)18-30)11-9-27-26-6-4-22-15-23(32-34)5-7-24(22)25(26)8-10-29(27,31)2/h1,15,19-21,24-27,34H,4-14,16-18H2,2H3/t19?,20?,21?,24-,25+,26+,27-,29-,30?,31-/m0/s1. The maximum Gasteiger partial charge on any atom is 0.313 e. The molecule has 7 fully saturated rings. The first kappa shape index (κ1) is 22.4. The summed E-state index contributed by atoms with van der Waals surface area (Å²) in [5, 5.41) is 12.8. The Balaban J connectivity index is 1.14. The van der Waals surface area contributed by atoms with E-state index < -0.39 is 5.60 Å². The summed E-state index contributed by atoms with van der Waals surface area (Å²) in [5.41, 5.74) is 1.25. The third-order valence-corrected chi connectivity index (χ3v) is 12.5. The topological polar surface area (TPSA) is 58.9 Å². The largest absolute Gasteiger partial charge is 0.445 e. The lowest BCUT2D eigenvalue weighted by molar-refractivity contribution is -0.195. The van der Waals surface area contributed by atoms with E-state index in [1.807, 2.05) is 0 Å². The van der Waals surface area contributed by atoms with Crippen LogP contribution >= 0.6 is 0 Å². The quantitative estimate of drug-likeness (QED) is 0.214. The van der Waals surface area contributed by atoms with Gasteiger partial charge in [0.15, 0.2) is 5.60 Å². The van der Waals surface area contributed by atoms with Gasteiger partial charge in [0.05, 0.1) is 11.1 Å². The van der Waals surface area contributed by atoms with E-state index in [2.05, 4.69) is 24.1 Å². The number of hydrogen-bond acceptors (Lipinski definition) is 4. The van der Waals surface area contributed by atoms with E-state index in [4.69, 9.17) is 11.2 Å². The molecule has 0 unspecified atom stereocenters. The molecule has 7 saturated carbocycles. The molecule has 8 aliphatic carbocycles. The number of ether oxygens (including phenoxy) is 1. The average molecular weight is 476 g/mol. The van der Waals surface area contributed by atoms with Crippen molar-refractivity contribution < 1.29 is 14.7 Å². The Hall–Kier alpha value is -1.76. The number of rotatable bonds is 2. The van der Waals surface area contributed by atoms with Crippen LogP contribution in [0.25, 0.3) is 0 Å². The van der Waals surface area contributed by atoms with Gasteiger partial charge in [0.1, 0.15) is 0 Å². The molecule has 8 rings (SSSR count). The van der Waals surface area contributed by atoms with E-state index in [1.54, 1.807) is 0 Å². The Bertz CT molecular complexity index is 999. The molecule has 0 saturated heterocycles. The van der Waals surface area contributed by atoms with Gasteiger partial charge in [0.2, 0.25) is 0 Å². The summed E-state index contributed by atoms with van der Waals surface area (Å²) < 4.78 is 6.69. The highest BCUT2D eigenvalue weighted by Crippen LogP contribution is 2.67. The maximum absolute atomic E-state index is 14.0. The van der Waals surface area contributed by atoms with Gasteiger partial charge in [-0.3, -0.25) is 4.79 Å². The van der Waals surface area contributed by atoms with Crippen LogP contribution in [0.4, 0.5) is 0 Å². The van der Waals surface area contributed by atoms with Crippen LogP contribution in [0, 0.1) is 64.6 Å². The van der Waals surface area contributed by atoms with Crippen LogP contribution in [0.5, 0.6) is 0 Å². The zero-order valence-electron chi connectivity index (χ0n) is 21.3. The smallest absolute Gasteiger partial charge is 0.313 e. The van der Waals surface area contributed by atoms with Crippen molar-refractivity contribution in [2.24, 2.45) is 57.4 Å². The molecule has 0 heterocycles. The molecule has 35 heavy (non-hydrogen) atoms. The number of allylic oxidation sites excluding steroid dienone is 2. The summed E-state index contributed by atoms with van der Waals surface area (Å²) in [4.78, 5) is 14.0. The predicted molar refractivity (Wildman–Crippen MR) is 135 cm³/mol. The SMILES string of the molecule is C#C[C@]1(OC(=O)C23CC4CC(CC(C4)C2)C3)CC[C@H]2[C@@H]3CCC4=CC(=NO)CC[C@@H]4[C@H]3CC[C@@]21C. The first-order valence-electron chi connectivity index (χ1n) is 14.5. The maximum atomic E-state index is 14.0. The molecule has 0 aromatic rings. The van der Waals surface area contributed by atoms with Gasteiger partial charge in [-0.05, 0) is 137 Å². The van der Waals surface area contributed by atoms with E-state index in [0.29, 0.717) is 23.7 Å². The third kappa shape index (κ3) is 3.05. The van der Waals surface area contributed by atoms with Crippen molar-refractivity contribution >= 4 is 11.7 Å². The zero-order valence-corrected chi connectivity index (χ0v) is 21.3. The van der Waals surface area contributed by atoms with Crippen molar-refractivity contribution in [2.75, 3.05) is 0 Å². The van der Waals surface area contributed by atoms with E-state index in [-0.39, 0.29) is 16.8 Å². The van der Waals surface area contributed by atoms with Crippen molar-refractivity contribution in [1.82, 2.24) is 0 Å². The highest BCUT2D eigenvalue weighted by atomic mass is 16.6. The van der Waals surface area contributed by atoms with Crippen LogP contribution in [0.3, 0.4) is 0 Å². The van der Waals surface area contributed by atoms with Crippen molar-refractivity contribution in [3.63, 3.8) is 0 Å². The van der Waals surface area contributed by atoms with E-state index in [0.717, 1.165) is 81.3 Å². The molecule has 4 nitrogen and oxygen atoms in total. The molecule has 1 N–H and O–H groups in total. The summed E-state index contributed by atoms with van der Waals surface area (Å²) >= 11 is 0. The lowest BCUT2D eigenvalue weighted by atomic mass is 9.49. The molecule has 0 aromatic heterocycles. The van der Waals surface area contributed by atoms with E-state index >= 15 is 0 Å². The number of hydrogen-bond donors (Lipinski definition) is 1. The minimum absolute atomic E-state index is 0.0653. The number of carbonyl (C=O) groups excluding carboxylic acids is 1. The van der Waals surface area contributed by atoms with Crippen LogP contribution in [0.15, 0.2) is 16.8 Å². The zero-order chi connectivity index (χ0) is 24.0. The number of nitrogens with zero attached hydrogens (tertiary/aromatic N) is 1. The molecule has 0 aromatic carbocycles. The van der Waals surface area contributed by atoms with Crippen molar-refractivity contribution in [2.45, 2.75) is 102 Å². The molecular weight excluding hydrogens is 434 g/mol. The summed E-state index contributed by atoms with van der Waals surface area (Å²) in [6.45, 7) is 2.37. The highest BCUT2D eigenvalue weighted by molar-refractivity contribution is 5.96. The van der Waals surface area contributed by atoms with Crippen LogP contribution in [0.1, 0.15) is 96.8 Å². The molecule has 6 atom stereocenters. The second kappa shape index (κ2) is 7.62. The fourth-order valence-corrected chi connectivity index (χ4v) is 11.3. The predicted octanol–water partition coefficient (Wildman–Crippen LogP) is 6.52. The van der Waals surface area contributed by atoms with E-state index in [9.17, 15) is 10.0 Å². The summed E-state index contributed by atoms with van der Waals surface area (Å²) in [6.07, 6.45) is 24.1. The Kier molecular flexibility index (Phi) is 4.89. The Morgan fingerprint density at radius 3 is 2.40 bits per heavy atom. The average Bonchev–Trinajstić information content (AvgIpc) is 3.15. The third-order valence-electron chi connectivity index (χ3n) is 12.5. The number of esters is 1. The summed E-state index contributed by atoms with van der Waals surface area (Å²) in [5.74, 6) is 7.93. The molecule has 188 valence electrons. The minimum atomic E-state index is -0.734. The van der Waals surface area contributed by atoms with Gasteiger partial charge in [0, 0.05) is 5.41 Å². The molecule has 4 heteroatoms. The van der Waals surface area contributed by atoms with Gasteiger partial charge in [-0.1, -0.05) is 23.6 Å². The van der Waals surface area contributed by atoms with Crippen molar-refractivity contribution in [1.29, 1.82) is 0 Å². The van der Waals surface area contributed by atoms with Gasteiger partial charge in [-0.25, -0.2) is 0 Å². The first-order chi connectivity index (χ1) is 16.9. The molecule has 0 radical (unpaired) electrons. The molecular formula is C31H41NO3. The van der Waals surface area contributed by atoms with Crippen LogP contribution in [0.2, 0.25) is 0 Å². The number of fused-ring (bicyclic) bond motifs is 5. The first-order valence-corrected chi connectivity index (χ1v) is 14.5. The fraction of sp³-hybridized carbons (Fsp3) is 0.806. The fourth-order valence-electron chi connectivity index (χ4n) is 11.3.